The van der Waals surface area contributed by atoms with Crippen LogP contribution in [0.1, 0.15) is 42.9 Å². The number of anilines is 1. The molecule has 0 saturated heterocycles. The van der Waals surface area contributed by atoms with Crippen molar-refractivity contribution in [1.82, 2.24) is 4.90 Å². The van der Waals surface area contributed by atoms with Crippen molar-refractivity contribution in [3.63, 3.8) is 0 Å². The maximum atomic E-state index is 9.19. The number of ether oxygens (including phenoxy) is 3. The van der Waals surface area contributed by atoms with Gasteiger partial charge in [0.15, 0.2) is 0 Å². The topological polar surface area (TPSA) is 54.4 Å². The Morgan fingerprint density at radius 3 is 2.24 bits per heavy atom. The largest absolute Gasteiger partial charge is 0.508 e. The number of aromatic hydroxyl groups is 1. The van der Waals surface area contributed by atoms with Gasteiger partial charge in [-0.15, -0.1) is 12.8 Å². The Morgan fingerprint density at radius 1 is 0.829 bits per heavy atom. The SMILES string of the molecule is C#C.CCN(Cc1ccc(OCCN(C)CCCOC)cc1)c1cccc(OC)c1.Oc1ccc2c(c1)CCCC2. The summed E-state index contributed by atoms with van der Waals surface area (Å²) in [5.74, 6) is 2.20. The number of phenolic OH excluding ortho intramolecular Hbond substituents is 1. The van der Waals surface area contributed by atoms with Crippen LogP contribution in [-0.2, 0) is 24.1 Å². The summed E-state index contributed by atoms with van der Waals surface area (Å²) >= 11 is 0. The quantitative estimate of drug-likeness (QED) is 0.188. The van der Waals surface area contributed by atoms with Crippen molar-refractivity contribution >= 4 is 5.69 Å². The van der Waals surface area contributed by atoms with Gasteiger partial charge in [0.05, 0.1) is 7.11 Å². The first-order valence-electron chi connectivity index (χ1n) is 14.4. The van der Waals surface area contributed by atoms with E-state index in [1.165, 1.54) is 41.6 Å². The van der Waals surface area contributed by atoms with Gasteiger partial charge in [0.1, 0.15) is 23.9 Å². The molecule has 0 bridgehead atoms. The number of hydrogen-bond donors (Lipinski definition) is 1. The Morgan fingerprint density at radius 2 is 1.56 bits per heavy atom. The molecule has 0 aromatic heterocycles. The number of rotatable bonds is 13. The number of benzene rings is 3. The summed E-state index contributed by atoms with van der Waals surface area (Å²) in [6.45, 7) is 7.37. The molecule has 3 aromatic rings. The van der Waals surface area contributed by atoms with Gasteiger partial charge in [-0.05, 0) is 99.2 Å². The van der Waals surface area contributed by atoms with Crippen molar-refractivity contribution in [2.24, 2.45) is 0 Å². The zero-order valence-electron chi connectivity index (χ0n) is 25.4. The van der Waals surface area contributed by atoms with Crippen LogP contribution in [0.5, 0.6) is 17.2 Å². The molecule has 1 aliphatic carbocycles. The van der Waals surface area contributed by atoms with Crippen LogP contribution in [0.15, 0.2) is 66.7 Å². The van der Waals surface area contributed by atoms with Crippen molar-refractivity contribution in [1.29, 1.82) is 0 Å². The molecule has 3 aromatic carbocycles. The molecular formula is C35H48N2O4. The number of aryl methyl sites for hydroxylation is 2. The van der Waals surface area contributed by atoms with Crippen LogP contribution in [-0.4, -0.2) is 64.1 Å². The number of nitrogens with zero attached hydrogens (tertiary/aromatic N) is 2. The lowest BCUT2D eigenvalue weighted by Crippen LogP contribution is -2.26. The molecule has 6 nitrogen and oxygen atoms in total. The van der Waals surface area contributed by atoms with E-state index in [-0.39, 0.29) is 0 Å². The molecule has 41 heavy (non-hydrogen) atoms. The van der Waals surface area contributed by atoms with E-state index in [2.05, 4.69) is 73.0 Å². The van der Waals surface area contributed by atoms with Crippen LogP contribution < -0.4 is 14.4 Å². The molecule has 0 fully saturated rings. The monoisotopic (exact) mass is 560 g/mol. The summed E-state index contributed by atoms with van der Waals surface area (Å²) < 4.78 is 16.3. The molecule has 0 aliphatic heterocycles. The van der Waals surface area contributed by atoms with Gasteiger partial charge in [0.2, 0.25) is 0 Å². The number of phenols is 1. The maximum Gasteiger partial charge on any atom is 0.120 e. The highest BCUT2D eigenvalue weighted by molar-refractivity contribution is 5.51. The summed E-state index contributed by atoms with van der Waals surface area (Å²) in [7, 11) is 5.55. The summed E-state index contributed by atoms with van der Waals surface area (Å²) in [6, 6.07) is 22.3. The van der Waals surface area contributed by atoms with E-state index in [4.69, 9.17) is 14.2 Å². The van der Waals surface area contributed by atoms with E-state index in [0.29, 0.717) is 12.4 Å². The number of methoxy groups -OCH3 is 2. The zero-order valence-corrected chi connectivity index (χ0v) is 25.4. The molecule has 0 atom stereocenters. The Hall–Kier alpha value is -3.66. The third kappa shape index (κ3) is 12.2. The fraction of sp³-hybridized carbons (Fsp3) is 0.429. The Bertz CT molecular complexity index is 1150. The molecule has 1 N–H and O–H groups in total. The molecule has 222 valence electrons. The smallest absolute Gasteiger partial charge is 0.120 e. The fourth-order valence-corrected chi connectivity index (χ4v) is 4.73. The average Bonchev–Trinajstić information content (AvgIpc) is 3.02. The molecule has 4 rings (SSSR count). The van der Waals surface area contributed by atoms with Crippen LogP contribution in [0.2, 0.25) is 0 Å². The molecular weight excluding hydrogens is 512 g/mol. The van der Waals surface area contributed by atoms with Crippen molar-refractivity contribution in [2.45, 2.75) is 45.6 Å². The van der Waals surface area contributed by atoms with Gasteiger partial charge in [0, 0.05) is 51.6 Å². The number of terminal acetylenes is 1. The van der Waals surface area contributed by atoms with Gasteiger partial charge in [-0.1, -0.05) is 24.3 Å². The van der Waals surface area contributed by atoms with E-state index in [1.54, 1.807) is 20.3 Å². The van der Waals surface area contributed by atoms with Crippen LogP contribution in [0, 0.1) is 12.8 Å². The number of fused-ring (bicyclic) bond motifs is 1. The second kappa shape index (κ2) is 19.4. The molecule has 0 heterocycles. The van der Waals surface area contributed by atoms with Crippen LogP contribution >= 0.6 is 0 Å². The summed E-state index contributed by atoms with van der Waals surface area (Å²) in [4.78, 5) is 4.59. The Balaban J connectivity index is 0.000000372. The molecule has 0 saturated carbocycles. The summed E-state index contributed by atoms with van der Waals surface area (Å²) in [5, 5.41) is 9.19. The van der Waals surface area contributed by atoms with Crippen molar-refractivity contribution in [2.75, 3.05) is 59.0 Å². The predicted octanol–water partition coefficient (Wildman–Crippen LogP) is 6.59. The highest BCUT2D eigenvalue weighted by atomic mass is 16.5. The van der Waals surface area contributed by atoms with Gasteiger partial charge >= 0.3 is 0 Å². The third-order valence-corrected chi connectivity index (χ3v) is 7.06. The zero-order chi connectivity index (χ0) is 29.9. The molecule has 0 amide bonds. The first kappa shape index (κ1) is 33.5. The van der Waals surface area contributed by atoms with E-state index >= 15 is 0 Å². The highest BCUT2D eigenvalue weighted by Gasteiger charge is 2.09. The lowest BCUT2D eigenvalue weighted by molar-refractivity contribution is 0.172. The van der Waals surface area contributed by atoms with Gasteiger partial charge < -0.3 is 29.1 Å². The van der Waals surface area contributed by atoms with E-state index in [1.807, 2.05) is 24.3 Å². The Labute approximate surface area is 247 Å². The van der Waals surface area contributed by atoms with Crippen molar-refractivity contribution < 1.29 is 19.3 Å². The van der Waals surface area contributed by atoms with E-state index < -0.39 is 0 Å². The lowest BCUT2D eigenvalue weighted by Gasteiger charge is -2.24. The molecule has 0 unspecified atom stereocenters. The minimum atomic E-state index is 0.408. The maximum absolute atomic E-state index is 9.19. The van der Waals surface area contributed by atoms with Gasteiger partial charge in [-0.3, -0.25) is 0 Å². The van der Waals surface area contributed by atoms with Crippen molar-refractivity contribution in [3.8, 4) is 30.1 Å². The van der Waals surface area contributed by atoms with E-state index in [0.717, 1.165) is 57.1 Å². The normalized spacial score (nSPS) is 11.8. The summed E-state index contributed by atoms with van der Waals surface area (Å²) in [6.07, 6.45) is 14.0. The van der Waals surface area contributed by atoms with Crippen LogP contribution in [0.4, 0.5) is 5.69 Å². The Kier molecular flexibility index (Phi) is 15.9. The molecule has 1 aliphatic rings. The molecule has 0 spiro atoms. The van der Waals surface area contributed by atoms with Crippen LogP contribution in [0.25, 0.3) is 0 Å². The van der Waals surface area contributed by atoms with Gasteiger partial charge in [0.25, 0.3) is 0 Å². The number of hydrogen-bond acceptors (Lipinski definition) is 6. The third-order valence-electron chi connectivity index (χ3n) is 7.06. The summed E-state index contributed by atoms with van der Waals surface area (Å²) in [5.41, 5.74) is 5.19. The highest BCUT2D eigenvalue weighted by Crippen LogP contribution is 2.25. The van der Waals surface area contributed by atoms with Gasteiger partial charge in [-0.2, -0.15) is 0 Å². The minimum Gasteiger partial charge on any atom is -0.508 e. The minimum absolute atomic E-state index is 0.408. The second-order valence-electron chi connectivity index (χ2n) is 10.0. The predicted molar refractivity (Wildman–Crippen MR) is 170 cm³/mol. The lowest BCUT2D eigenvalue weighted by atomic mass is 9.92. The van der Waals surface area contributed by atoms with Crippen LogP contribution in [0.3, 0.4) is 0 Å². The molecule has 0 radical (unpaired) electrons. The standard InChI is InChI=1S/C23H34N2O3.C10H12O.C2H2/c1-5-25(21-8-6-9-23(18-21)27-4)19-20-10-12-22(13-11-20)28-17-15-24(2)14-7-16-26-3;11-10-6-5-8-3-1-2-4-9(8)7-10;1-2/h6,8-13,18H,5,7,14-17,19H2,1-4H3;5-7,11H,1-4H2;1-2H. The molecule has 6 heteroatoms. The van der Waals surface area contributed by atoms with Crippen molar-refractivity contribution in [3.05, 3.63) is 83.4 Å². The van der Waals surface area contributed by atoms with E-state index in [9.17, 15) is 5.11 Å². The average molecular weight is 561 g/mol. The fourth-order valence-electron chi connectivity index (χ4n) is 4.73. The van der Waals surface area contributed by atoms with Gasteiger partial charge in [-0.25, -0.2) is 0 Å². The number of likely N-dealkylation sites (N-methyl/N-ethyl adjacent to an activating group) is 1. The first-order valence-corrected chi connectivity index (χ1v) is 14.4. The second-order valence-corrected chi connectivity index (χ2v) is 10.0. The first-order chi connectivity index (χ1) is 20.0.